The lowest BCUT2D eigenvalue weighted by molar-refractivity contribution is 0.720. The fourth-order valence-electron chi connectivity index (χ4n) is 1.63. The van der Waals surface area contributed by atoms with Gasteiger partial charge in [-0.2, -0.15) is 5.26 Å². The molecule has 84 valence electrons. The molecule has 0 bridgehead atoms. The van der Waals surface area contributed by atoms with Gasteiger partial charge in [-0.25, -0.2) is 9.78 Å². The van der Waals surface area contributed by atoms with Crippen molar-refractivity contribution in [3.05, 3.63) is 63.8 Å². The molecule has 0 aliphatic carbocycles. The van der Waals surface area contributed by atoms with Crippen LogP contribution in [0.3, 0.4) is 0 Å². The molecule has 0 aliphatic rings. The SMILES string of the molecule is Cc1cnc(=O)n(Cc2ccccc2C#N)c1. The summed E-state index contributed by atoms with van der Waals surface area (Å²) in [6.45, 7) is 2.25. The van der Waals surface area contributed by atoms with Gasteiger partial charge in [0.05, 0.1) is 18.2 Å². The Hall–Kier alpha value is -2.41. The van der Waals surface area contributed by atoms with Crippen LogP contribution in [0.25, 0.3) is 0 Å². The first-order valence-electron chi connectivity index (χ1n) is 5.22. The first kappa shape index (κ1) is 11.1. The average molecular weight is 225 g/mol. The standard InChI is InChI=1S/C13H11N3O/c1-10-7-15-13(17)16(8-10)9-12-5-3-2-4-11(12)6-14/h2-5,7-8H,9H2,1H3. The molecule has 0 saturated carbocycles. The number of hydrogen-bond donors (Lipinski definition) is 0. The summed E-state index contributed by atoms with van der Waals surface area (Å²) >= 11 is 0. The summed E-state index contributed by atoms with van der Waals surface area (Å²) < 4.78 is 1.51. The second-order valence-corrected chi connectivity index (χ2v) is 3.81. The van der Waals surface area contributed by atoms with Crippen molar-refractivity contribution in [3.8, 4) is 6.07 Å². The Morgan fingerprint density at radius 3 is 2.94 bits per heavy atom. The fourth-order valence-corrected chi connectivity index (χ4v) is 1.63. The Labute approximate surface area is 98.8 Å². The van der Waals surface area contributed by atoms with Crippen LogP contribution in [0.5, 0.6) is 0 Å². The normalized spacial score (nSPS) is 9.88. The van der Waals surface area contributed by atoms with E-state index < -0.39 is 0 Å². The molecule has 0 amide bonds. The zero-order valence-corrected chi connectivity index (χ0v) is 9.42. The highest BCUT2D eigenvalue weighted by molar-refractivity contribution is 5.37. The summed E-state index contributed by atoms with van der Waals surface area (Å²) in [4.78, 5) is 15.3. The van der Waals surface area contributed by atoms with E-state index in [1.54, 1.807) is 18.3 Å². The zero-order chi connectivity index (χ0) is 12.3. The molecule has 1 aromatic carbocycles. The molecule has 0 spiro atoms. The Bertz CT molecular complexity index is 638. The minimum atomic E-state index is -0.302. The first-order chi connectivity index (χ1) is 8.20. The van der Waals surface area contributed by atoms with Crippen LogP contribution < -0.4 is 5.69 Å². The molecular formula is C13H11N3O. The molecule has 4 heteroatoms. The van der Waals surface area contributed by atoms with E-state index in [0.717, 1.165) is 11.1 Å². The van der Waals surface area contributed by atoms with Gasteiger partial charge in [-0.05, 0) is 24.1 Å². The number of benzene rings is 1. The average Bonchev–Trinajstić information content (AvgIpc) is 2.34. The molecule has 0 fully saturated rings. The second kappa shape index (κ2) is 4.62. The molecule has 2 aromatic rings. The lowest BCUT2D eigenvalue weighted by atomic mass is 10.1. The van der Waals surface area contributed by atoms with Crippen LogP contribution in [-0.4, -0.2) is 9.55 Å². The Balaban J connectivity index is 2.42. The molecule has 0 radical (unpaired) electrons. The molecule has 0 aliphatic heterocycles. The molecule has 0 unspecified atom stereocenters. The lowest BCUT2D eigenvalue weighted by Crippen LogP contribution is -2.23. The largest absolute Gasteiger partial charge is 0.347 e. The van der Waals surface area contributed by atoms with E-state index in [1.807, 2.05) is 19.1 Å². The van der Waals surface area contributed by atoms with Crippen LogP contribution in [0, 0.1) is 18.3 Å². The van der Waals surface area contributed by atoms with Crippen molar-refractivity contribution < 1.29 is 0 Å². The summed E-state index contributed by atoms with van der Waals surface area (Å²) in [6, 6.07) is 9.35. The van der Waals surface area contributed by atoms with Gasteiger partial charge in [-0.15, -0.1) is 0 Å². The summed E-state index contributed by atoms with van der Waals surface area (Å²) in [5.74, 6) is 0. The van der Waals surface area contributed by atoms with Gasteiger partial charge in [0.25, 0.3) is 0 Å². The highest BCUT2D eigenvalue weighted by Crippen LogP contribution is 2.08. The van der Waals surface area contributed by atoms with Gasteiger partial charge in [-0.3, -0.25) is 4.57 Å². The third-order valence-corrected chi connectivity index (χ3v) is 2.46. The van der Waals surface area contributed by atoms with Crippen molar-refractivity contribution >= 4 is 0 Å². The van der Waals surface area contributed by atoms with Crippen LogP contribution in [0.4, 0.5) is 0 Å². The smallest absolute Gasteiger partial charge is 0.294 e. The zero-order valence-electron chi connectivity index (χ0n) is 9.42. The van der Waals surface area contributed by atoms with Gasteiger partial charge in [0, 0.05) is 12.4 Å². The topological polar surface area (TPSA) is 58.7 Å². The molecule has 1 aromatic heterocycles. The number of rotatable bonds is 2. The van der Waals surface area contributed by atoms with Crippen LogP contribution in [0.2, 0.25) is 0 Å². The first-order valence-corrected chi connectivity index (χ1v) is 5.22. The molecule has 4 nitrogen and oxygen atoms in total. The van der Waals surface area contributed by atoms with E-state index in [0.29, 0.717) is 12.1 Å². The second-order valence-electron chi connectivity index (χ2n) is 3.81. The highest BCUT2D eigenvalue weighted by atomic mass is 16.1. The maximum absolute atomic E-state index is 11.5. The monoisotopic (exact) mass is 225 g/mol. The predicted octanol–water partition coefficient (Wildman–Crippen LogP) is 1.47. The highest BCUT2D eigenvalue weighted by Gasteiger charge is 2.03. The van der Waals surface area contributed by atoms with Crippen LogP contribution in [0.15, 0.2) is 41.5 Å². The molecule has 17 heavy (non-hydrogen) atoms. The van der Waals surface area contributed by atoms with Crippen molar-refractivity contribution in [2.75, 3.05) is 0 Å². The number of aromatic nitrogens is 2. The Morgan fingerprint density at radius 1 is 1.41 bits per heavy atom. The molecule has 0 atom stereocenters. The van der Waals surface area contributed by atoms with Crippen molar-refractivity contribution in [1.29, 1.82) is 5.26 Å². The Morgan fingerprint density at radius 2 is 2.18 bits per heavy atom. The molecular weight excluding hydrogens is 214 g/mol. The lowest BCUT2D eigenvalue weighted by Gasteiger charge is -2.07. The van der Waals surface area contributed by atoms with E-state index in [1.165, 1.54) is 10.8 Å². The predicted molar refractivity (Wildman–Crippen MR) is 63.5 cm³/mol. The number of nitriles is 1. The van der Waals surface area contributed by atoms with Gasteiger partial charge in [-0.1, -0.05) is 18.2 Å². The summed E-state index contributed by atoms with van der Waals surface area (Å²) in [7, 11) is 0. The van der Waals surface area contributed by atoms with Crippen LogP contribution >= 0.6 is 0 Å². The van der Waals surface area contributed by atoms with Crippen molar-refractivity contribution in [3.63, 3.8) is 0 Å². The number of hydrogen-bond acceptors (Lipinski definition) is 3. The minimum absolute atomic E-state index is 0.302. The fraction of sp³-hybridized carbons (Fsp3) is 0.154. The number of nitrogens with zero attached hydrogens (tertiary/aromatic N) is 3. The maximum Gasteiger partial charge on any atom is 0.347 e. The maximum atomic E-state index is 11.5. The van der Waals surface area contributed by atoms with E-state index in [4.69, 9.17) is 5.26 Å². The van der Waals surface area contributed by atoms with Gasteiger partial charge in [0.2, 0.25) is 0 Å². The Kier molecular flexibility index (Phi) is 3.01. The quantitative estimate of drug-likeness (QED) is 0.777. The van der Waals surface area contributed by atoms with Crippen molar-refractivity contribution in [1.82, 2.24) is 9.55 Å². The van der Waals surface area contributed by atoms with Gasteiger partial charge in [0.15, 0.2) is 0 Å². The van der Waals surface area contributed by atoms with E-state index >= 15 is 0 Å². The van der Waals surface area contributed by atoms with Crippen molar-refractivity contribution in [2.24, 2.45) is 0 Å². The van der Waals surface area contributed by atoms with Gasteiger partial charge < -0.3 is 0 Å². The van der Waals surface area contributed by atoms with Gasteiger partial charge in [0.1, 0.15) is 0 Å². The molecule has 2 rings (SSSR count). The minimum Gasteiger partial charge on any atom is -0.294 e. The molecule has 0 saturated heterocycles. The third kappa shape index (κ3) is 2.40. The van der Waals surface area contributed by atoms with E-state index in [-0.39, 0.29) is 5.69 Å². The van der Waals surface area contributed by atoms with Crippen LogP contribution in [-0.2, 0) is 6.54 Å². The third-order valence-electron chi connectivity index (χ3n) is 2.46. The summed E-state index contributed by atoms with van der Waals surface area (Å²) in [5.41, 5.74) is 2.02. The molecule has 0 N–H and O–H groups in total. The molecule has 1 heterocycles. The van der Waals surface area contributed by atoms with E-state index in [9.17, 15) is 4.79 Å². The van der Waals surface area contributed by atoms with E-state index in [2.05, 4.69) is 11.1 Å². The summed E-state index contributed by atoms with van der Waals surface area (Å²) in [6.07, 6.45) is 3.28. The van der Waals surface area contributed by atoms with Crippen LogP contribution in [0.1, 0.15) is 16.7 Å². The number of aryl methyl sites for hydroxylation is 1. The van der Waals surface area contributed by atoms with Crippen molar-refractivity contribution in [2.45, 2.75) is 13.5 Å². The summed E-state index contributed by atoms with van der Waals surface area (Å²) in [5, 5.41) is 8.97. The van der Waals surface area contributed by atoms with Gasteiger partial charge >= 0.3 is 5.69 Å².